The fourth-order valence-electron chi connectivity index (χ4n) is 4.84. The molecule has 5 rings (SSSR count). The van der Waals surface area contributed by atoms with E-state index in [9.17, 15) is 9.59 Å². The first-order valence-electron chi connectivity index (χ1n) is 12.6. The van der Waals surface area contributed by atoms with E-state index in [-0.39, 0.29) is 11.5 Å². The summed E-state index contributed by atoms with van der Waals surface area (Å²) in [6, 6.07) is 15.3. The predicted octanol–water partition coefficient (Wildman–Crippen LogP) is 3.86. The topological polar surface area (TPSA) is 86.9 Å². The third-order valence-corrected chi connectivity index (χ3v) is 6.84. The van der Waals surface area contributed by atoms with Gasteiger partial charge in [0.15, 0.2) is 0 Å². The Kier molecular flexibility index (Phi) is 7.06. The van der Waals surface area contributed by atoms with Crippen molar-refractivity contribution in [3.63, 3.8) is 0 Å². The number of likely N-dealkylation sites (N-methyl/N-ethyl adjacent to an activating group) is 1. The number of hydrogen-bond donors (Lipinski definition) is 2. The Morgan fingerprint density at radius 2 is 1.86 bits per heavy atom. The molecule has 36 heavy (non-hydrogen) atoms. The van der Waals surface area contributed by atoms with Crippen molar-refractivity contribution in [2.24, 2.45) is 0 Å². The molecule has 8 nitrogen and oxygen atoms in total. The van der Waals surface area contributed by atoms with Gasteiger partial charge in [0.1, 0.15) is 11.5 Å². The lowest BCUT2D eigenvalue weighted by atomic mass is 9.95. The van der Waals surface area contributed by atoms with Crippen LogP contribution in [0, 0.1) is 0 Å². The first-order chi connectivity index (χ1) is 17.6. The van der Waals surface area contributed by atoms with Crippen molar-refractivity contribution < 1.29 is 14.3 Å². The molecule has 0 aliphatic carbocycles. The Morgan fingerprint density at radius 3 is 2.64 bits per heavy atom. The Balaban J connectivity index is 1.44. The molecule has 0 unspecified atom stereocenters. The van der Waals surface area contributed by atoms with Gasteiger partial charge in [-0.1, -0.05) is 32.0 Å². The number of benzene rings is 2. The van der Waals surface area contributed by atoms with E-state index < -0.39 is 0 Å². The number of pyridine rings is 1. The van der Waals surface area contributed by atoms with Crippen molar-refractivity contribution in [2.75, 3.05) is 56.2 Å². The van der Waals surface area contributed by atoms with Gasteiger partial charge < -0.3 is 24.7 Å². The molecular weight excluding hydrogens is 456 g/mol. The molecule has 2 aromatic carbocycles. The van der Waals surface area contributed by atoms with Crippen LogP contribution in [0.1, 0.15) is 25.0 Å². The minimum absolute atomic E-state index is 0.0378. The predicted molar refractivity (Wildman–Crippen MR) is 141 cm³/mol. The van der Waals surface area contributed by atoms with Crippen molar-refractivity contribution in [1.29, 1.82) is 0 Å². The van der Waals surface area contributed by atoms with Gasteiger partial charge in [-0.15, -0.1) is 0 Å². The summed E-state index contributed by atoms with van der Waals surface area (Å²) in [5.74, 6) is 1.40. The Morgan fingerprint density at radius 1 is 1.08 bits per heavy atom. The number of carbonyl (C=O) groups excluding carboxylic acids is 1. The van der Waals surface area contributed by atoms with Gasteiger partial charge >= 0.3 is 0 Å². The monoisotopic (exact) mass is 488 g/mol. The lowest BCUT2D eigenvalue weighted by Gasteiger charge is -2.29. The number of anilines is 2. The maximum absolute atomic E-state index is 12.7. The molecule has 0 bridgehead atoms. The highest BCUT2D eigenvalue weighted by Crippen LogP contribution is 2.44. The number of H-pyrrole nitrogens is 1. The third kappa shape index (κ3) is 5.01. The molecule has 1 aromatic heterocycles. The van der Waals surface area contributed by atoms with Crippen molar-refractivity contribution in [1.82, 2.24) is 9.88 Å². The number of hydrogen-bond acceptors (Lipinski definition) is 6. The molecule has 0 spiro atoms. The number of aromatic nitrogens is 1. The lowest BCUT2D eigenvalue weighted by Crippen LogP contribution is -2.36. The minimum Gasteiger partial charge on any atom is -0.456 e. The second-order valence-corrected chi connectivity index (χ2v) is 9.08. The summed E-state index contributed by atoms with van der Waals surface area (Å²) in [7, 11) is 0. The van der Waals surface area contributed by atoms with Crippen LogP contribution in [-0.2, 0) is 16.0 Å². The molecule has 188 valence electrons. The van der Waals surface area contributed by atoms with E-state index in [1.807, 2.05) is 56.3 Å². The maximum Gasteiger partial charge on any atom is 0.250 e. The number of nitrogens with zero attached hydrogens (tertiary/aromatic N) is 2. The van der Waals surface area contributed by atoms with E-state index in [1.165, 1.54) is 0 Å². The molecule has 1 amide bonds. The molecular formula is C28H32N4O4. The van der Waals surface area contributed by atoms with Gasteiger partial charge in [0, 0.05) is 53.6 Å². The van der Waals surface area contributed by atoms with Gasteiger partial charge in [0.25, 0.3) is 0 Å². The van der Waals surface area contributed by atoms with Crippen LogP contribution in [0.5, 0.6) is 11.5 Å². The number of ether oxygens (including phenoxy) is 2. The zero-order chi connectivity index (χ0) is 25.1. The largest absolute Gasteiger partial charge is 0.456 e. The van der Waals surface area contributed by atoms with Crippen LogP contribution < -0.4 is 20.5 Å². The molecule has 0 atom stereocenters. The van der Waals surface area contributed by atoms with Gasteiger partial charge in [-0.05, 0) is 37.4 Å². The van der Waals surface area contributed by atoms with E-state index in [0.717, 1.165) is 60.0 Å². The van der Waals surface area contributed by atoms with Crippen LogP contribution in [-0.4, -0.2) is 61.7 Å². The summed E-state index contributed by atoms with van der Waals surface area (Å²) in [5, 5.41) is 3.07. The van der Waals surface area contributed by atoms with E-state index in [4.69, 9.17) is 9.47 Å². The van der Waals surface area contributed by atoms with Gasteiger partial charge in [0.05, 0.1) is 25.5 Å². The van der Waals surface area contributed by atoms with Crippen molar-refractivity contribution in [3.05, 3.63) is 70.0 Å². The highest BCUT2D eigenvalue weighted by molar-refractivity contribution is 5.93. The molecule has 0 saturated carbocycles. The fourth-order valence-corrected chi connectivity index (χ4v) is 4.84. The summed E-state index contributed by atoms with van der Waals surface area (Å²) in [4.78, 5) is 32.5. The van der Waals surface area contributed by atoms with E-state index in [2.05, 4.69) is 20.1 Å². The number of carbonyl (C=O) groups is 1. The quantitative estimate of drug-likeness (QED) is 0.411. The first kappa shape index (κ1) is 24.1. The number of fused-ring (bicyclic) bond motifs is 2. The van der Waals surface area contributed by atoms with Crippen LogP contribution in [0.15, 0.2) is 53.3 Å². The third-order valence-electron chi connectivity index (χ3n) is 6.84. The second kappa shape index (κ2) is 10.6. The van der Waals surface area contributed by atoms with Crippen LogP contribution in [0.4, 0.5) is 11.4 Å². The standard InChI is InChI=1S/C28H32N4O4/c1-3-31(4-2)18-27(34)29-23-9-6-10-25-22(23)15-19-7-5-8-21(28(19)36-25)24-16-20(17-26(33)30-24)32-11-13-35-14-12-32/h5-10,16-17H,3-4,11-15,18H2,1-2H3,(H,29,34)(H,30,33). The average molecular weight is 489 g/mol. The summed E-state index contributed by atoms with van der Waals surface area (Å²) in [6.45, 7) is 8.90. The average Bonchev–Trinajstić information content (AvgIpc) is 2.90. The zero-order valence-corrected chi connectivity index (χ0v) is 20.8. The highest BCUT2D eigenvalue weighted by atomic mass is 16.5. The molecule has 2 N–H and O–H groups in total. The Labute approximate surface area is 210 Å². The van der Waals surface area contributed by atoms with Crippen molar-refractivity contribution in [3.8, 4) is 22.8 Å². The second-order valence-electron chi connectivity index (χ2n) is 9.08. The molecule has 2 aliphatic rings. The van der Waals surface area contributed by atoms with Gasteiger partial charge in [-0.25, -0.2) is 0 Å². The Hall–Kier alpha value is -3.62. The molecule has 1 saturated heterocycles. The number of para-hydroxylation sites is 1. The smallest absolute Gasteiger partial charge is 0.250 e. The van der Waals surface area contributed by atoms with Crippen LogP contribution in [0.3, 0.4) is 0 Å². The van der Waals surface area contributed by atoms with E-state index >= 15 is 0 Å². The number of morpholine rings is 1. The molecule has 0 radical (unpaired) electrons. The first-order valence-corrected chi connectivity index (χ1v) is 12.6. The molecule has 3 aromatic rings. The zero-order valence-electron chi connectivity index (χ0n) is 20.8. The van der Waals surface area contributed by atoms with E-state index in [1.54, 1.807) is 6.07 Å². The molecule has 1 fully saturated rings. The van der Waals surface area contributed by atoms with Crippen molar-refractivity contribution in [2.45, 2.75) is 20.3 Å². The van der Waals surface area contributed by atoms with E-state index in [0.29, 0.717) is 37.6 Å². The maximum atomic E-state index is 12.7. The number of nitrogens with one attached hydrogen (secondary N) is 2. The van der Waals surface area contributed by atoms with Gasteiger partial charge in [-0.2, -0.15) is 0 Å². The normalized spacial score (nSPS) is 14.7. The summed E-state index contributed by atoms with van der Waals surface area (Å²) < 4.78 is 11.9. The summed E-state index contributed by atoms with van der Waals surface area (Å²) in [6.07, 6.45) is 0.619. The highest BCUT2D eigenvalue weighted by Gasteiger charge is 2.24. The van der Waals surface area contributed by atoms with Gasteiger partial charge in [-0.3, -0.25) is 14.5 Å². The fraction of sp³-hybridized carbons (Fsp3) is 0.357. The molecule has 2 aliphatic heterocycles. The minimum atomic E-state index is -0.152. The van der Waals surface area contributed by atoms with Crippen LogP contribution >= 0.6 is 0 Å². The molecule has 8 heteroatoms. The number of amides is 1. The van der Waals surface area contributed by atoms with Crippen molar-refractivity contribution >= 4 is 17.3 Å². The number of rotatable bonds is 7. The summed E-state index contributed by atoms with van der Waals surface area (Å²) >= 11 is 0. The lowest BCUT2D eigenvalue weighted by molar-refractivity contribution is -0.117. The molecule has 3 heterocycles. The van der Waals surface area contributed by atoms with Crippen LogP contribution in [0.2, 0.25) is 0 Å². The van der Waals surface area contributed by atoms with Crippen LogP contribution in [0.25, 0.3) is 11.3 Å². The number of aromatic amines is 1. The summed E-state index contributed by atoms with van der Waals surface area (Å²) in [5.41, 5.74) is 5.00. The van der Waals surface area contributed by atoms with Gasteiger partial charge in [0.2, 0.25) is 11.5 Å². The Bertz CT molecular complexity index is 1310. The SMILES string of the molecule is CCN(CC)CC(=O)Nc1cccc2c1Cc1cccc(-c3cc(N4CCOCC4)cc(=O)[nH]3)c1O2.